The van der Waals surface area contributed by atoms with E-state index in [9.17, 15) is 0 Å². The second kappa shape index (κ2) is 7.57. The van der Waals surface area contributed by atoms with E-state index in [0.717, 1.165) is 36.4 Å². The normalized spacial score (nSPS) is 16.0. The van der Waals surface area contributed by atoms with Crippen LogP contribution in [0.4, 0.5) is 11.4 Å². The number of nitrogens with zero attached hydrogens (tertiary/aromatic N) is 3. The van der Waals surface area contributed by atoms with Gasteiger partial charge in [-0.2, -0.15) is 0 Å². The summed E-state index contributed by atoms with van der Waals surface area (Å²) in [5.41, 5.74) is 2.30. The molecule has 1 fully saturated rings. The lowest BCUT2D eigenvalue weighted by atomic mass is 10.2. The van der Waals surface area contributed by atoms with Crippen molar-refractivity contribution in [1.29, 1.82) is 0 Å². The molecule has 0 amide bonds. The van der Waals surface area contributed by atoms with E-state index in [2.05, 4.69) is 70.2 Å². The predicted molar refractivity (Wildman–Crippen MR) is 102 cm³/mol. The fraction of sp³-hybridized carbons (Fsp3) is 0.316. The molecule has 0 saturated carbocycles. The summed E-state index contributed by atoms with van der Waals surface area (Å²) in [6.45, 7) is 5.03. The Balaban J connectivity index is 1.88. The summed E-state index contributed by atoms with van der Waals surface area (Å²) >= 11 is 5.80. The van der Waals surface area contributed by atoms with E-state index in [1.807, 2.05) is 12.1 Å². The van der Waals surface area contributed by atoms with Crippen molar-refractivity contribution in [3.8, 4) is 0 Å². The van der Waals surface area contributed by atoms with E-state index in [1.165, 1.54) is 12.8 Å². The SMILES string of the molecule is CCCCN1CN(c2ccccc2)C(=S)N(c2ccccc2)C1. The molecule has 0 aliphatic carbocycles. The topological polar surface area (TPSA) is 9.72 Å². The molecule has 1 heterocycles. The van der Waals surface area contributed by atoms with Crippen molar-refractivity contribution in [3.63, 3.8) is 0 Å². The Morgan fingerprint density at radius 3 is 1.74 bits per heavy atom. The number of para-hydroxylation sites is 2. The molecule has 2 aromatic carbocycles. The Morgan fingerprint density at radius 1 is 0.826 bits per heavy atom. The van der Waals surface area contributed by atoms with Crippen molar-refractivity contribution in [2.75, 3.05) is 29.7 Å². The number of hydrogen-bond acceptors (Lipinski definition) is 2. The van der Waals surface area contributed by atoms with Gasteiger partial charge in [0, 0.05) is 17.9 Å². The Hall–Kier alpha value is -1.91. The maximum atomic E-state index is 5.80. The van der Waals surface area contributed by atoms with Gasteiger partial charge in [0.2, 0.25) is 0 Å². The Labute approximate surface area is 144 Å². The lowest BCUT2D eigenvalue weighted by molar-refractivity contribution is 0.273. The molecule has 0 atom stereocenters. The molecule has 1 saturated heterocycles. The van der Waals surface area contributed by atoms with Crippen molar-refractivity contribution in [3.05, 3.63) is 60.7 Å². The van der Waals surface area contributed by atoms with E-state index in [1.54, 1.807) is 0 Å². The fourth-order valence-electron chi connectivity index (χ4n) is 2.83. The summed E-state index contributed by atoms with van der Waals surface area (Å²) in [7, 11) is 0. The highest BCUT2D eigenvalue weighted by molar-refractivity contribution is 7.80. The van der Waals surface area contributed by atoms with Crippen LogP contribution in [-0.4, -0.2) is 29.9 Å². The number of hydrogen-bond donors (Lipinski definition) is 0. The van der Waals surface area contributed by atoms with Crippen molar-refractivity contribution in [2.45, 2.75) is 19.8 Å². The summed E-state index contributed by atoms with van der Waals surface area (Å²) in [5, 5.41) is 0.871. The van der Waals surface area contributed by atoms with Crippen LogP contribution in [-0.2, 0) is 0 Å². The highest BCUT2D eigenvalue weighted by Crippen LogP contribution is 2.25. The minimum atomic E-state index is 0.853. The number of anilines is 2. The van der Waals surface area contributed by atoms with Gasteiger partial charge in [0.05, 0.1) is 13.3 Å². The van der Waals surface area contributed by atoms with Crippen molar-refractivity contribution < 1.29 is 0 Å². The van der Waals surface area contributed by atoms with Crippen LogP contribution in [0.1, 0.15) is 19.8 Å². The minimum absolute atomic E-state index is 0.853. The van der Waals surface area contributed by atoms with Gasteiger partial charge in [-0.15, -0.1) is 0 Å². The third-order valence-corrected chi connectivity index (χ3v) is 4.55. The standard InChI is InChI=1S/C19H23N3S/c1-2-3-14-20-15-21(17-10-6-4-7-11-17)19(23)22(16-20)18-12-8-5-9-13-18/h4-13H,2-3,14-16H2,1H3. The fourth-order valence-corrected chi connectivity index (χ4v) is 3.16. The maximum Gasteiger partial charge on any atom is 0.182 e. The van der Waals surface area contributed by atoms with Gasteiger partial charge >= 0.3 is 0 Å². The Morgan fingerprint density at radius 2 is 1.30 bits per heavy atom. The van der Waals surface area contributed by atoms with E-state index >= 15 is 0 Å². The first-order chi connectivity index (χ1) is 11.3. The van der Waals surface area contributed by atoms with Crippen molar-refractivity contribution in [2.24, 2.45) is 0 Å². The molecule has 1 aliphatic heterocycles. The first-order valence-corrected chi connectivity index (χ1v) is 8.62. The Bertz CT molecular complexity index is 578. The maximum absolute atomic E-state index is 5.80. The van der Waals surface area contributed by atoms with E-state index in [-0.39, 0.29) is 0 Å². The molecule has 0 radical (unpaired) electrons. The molecule has 2 aromatic rings. The third-order valence-electron chi connectivity index (χ3n) is 4.11. The van der Waals surface area contributed by atoms with Crippen LogP contribution in [0.2, 0.25) is 0 Å². The lowest BCUT2D eigenvalue weighted by Crippen LogP contribution is -2.58. The smallest absolute Gasteiger partial charge is 0.182 e. The van der Waals surface area contributed by atoms with Gasteiger partial charge in [0.1, 0.15) is 0 Å². The van der Waals surface area contributed by atoms with E-state index in [0.29, 0.717) is 0 Å². The van der Waals surface area contributed by atoms with E-state index in [4.69, 9.17) is 12.2 Å². The first kappa shape index (κ1) is 16.0. The highest BCUT2D eigenvalue weighted by atomic mass is 32.1. The quantitative estimate of drug-likeness (QED) is 0.757. The molecule has 0 spiro atoms. The van der Waals surface area contributed by atoms with E-state index < -0.39 is 0 Å². The Kier molecular flexibility index (Phi) is 5.26. The second-order valence-corrected chi connectivity index (χ2v) is 6.21. The van der Waals surface area contributed by atoms with Gasteiger partial charge in [0.25, 0.3) is 0 Å². The zero-order valence-electron chi connectivity index (χ0n) is 13.6. The number of thiocarbonyl (C=S) groups is 1. The molecular weight excluding hydrogens is 302 g/mol. The van der Waals surface area contributed by atoms with Crippen LogP contribution >= 0.6 is 12.2 Å². The molecule has 0 bridgehead atoms. The van der Waals surface area contributed by atoms with Crippen LogP contribution in [0.25, 0.3) is 0 Å². The molecular formula is C19H23N3S. The summed E-state index contributed by atoms with van der Waals surface area (Å²) in [6.07, 6.45) is 2.41. The summed E-state index contributed by atoms with van der Waals surface area (Å²) < 4.78 is 0. The zero-order valence-corrected chi connectivity index (χ0v) is 14.4. The third kappa shape index (κ3) is 3.71. The predicted octanol–water partition coefficient (Wildman–Crippen LogP) is 4.32. The monoisotopic (exact) mass is 325 g/mol. The number of unbranched alkanes of at least 4 members (excludes halogenated alkanes) is 1. The van der Waals surface area contributed by atoms with Crippen LogP contribution in [0.5, 0.6) is 0 Å². The second-order valence-electron chi connectivity index (χ2n) is 5.84. The summed E-state index contributed by atoms with van der Waals surface area (Å²) in [5.74, 6) is 0. The molecule has 120 valence electrons. The first-order valence-electron chi connectivity index (χ1n) is 8.21. The van der Waals surface area contributed by atoms with Gasteiger partial charge in [0.15, 0.2) is 5.11 Å². The molecule has 0 aromatic heterocycles. The van der Waals surface area contributed by atoms with Crippen LogP contribution in [0.3, 0.4) is 0 Å². The van der Waals surface area contributed by atoms with Gasteiger partial charge in [-0.3, -0.25) is 4.90 Å². The van der Waals surface area contributed by atoms with Crippen LogP contribution in [0.15, 0.2) is 60.7 Å². The summed E-state index contributed by atoms with van der Waals surface area (Å²) in [6, 6.07) is 20.8. The molecule has 3 nitrogen and oxygen atoms in total. The minimum Gasteiger partial charge on any atom is -0.305 e. The largest absolute Gasteiger partial charge is 0.305 e. The molecule has 3 rings (SSSR count). The molecule has 1 aliphatic rings. The van der Waals surface area contributed by atoms with Crippen molar-refractivity contribution in [1.82, 2.24) is 4.90 Å². The zero-order chi connectivity index (χ0) is 16.1. The van der Waals surface area contributed by atoms with Gasteiger partial charge in [-0.1, -0.05) is 49.7 Å². The molecule has 0 N–H and O–H groups in total. The lowest BCUT2D eigenvalue weighted by Gasteiger charge is -2.44. The number of benzene rings is 2. The van der Waals surface area contributed by atoms with Gasteiger partial charge in [-0.05, 0) is 42.9 Å². The number of rotatable bonds is 5. The molecule has 23 heavy (non-hydrogen) atoms. The average molecular weight is 325 g/mol. The summed E-state index contributed by atoms with van der Waals surface area (Å²) in [4.78, 5) is 6.91. The van der Waals surface area contributed by atoms with Crippen molar-refractivity contribution >= 4 is 28.7 Å². The average Bonchev–Trinajstić information content (AvgIpc) is 2.62. The highest BCUT2D eigenvalue weighted by Gasteiger charge is 2.28. The van der Waals surface area contributed by atoms with Crippen LogP contribution < -0.4 is 9.80 Å². The van der Waals surface area contributed by atoms with Crippen LogP contribution in [0, 0.1) is 0 Å². The van der Waals surface area contributed by atoms with Gasteiger partial charge in [-0.25, -0.2) is 0 Å². The molecule has 4 heteroatoms. The van der Waals surface area contributed by atoms with Gasteiger partial charge < -0.3 is 9.80 Å². The molecule has 0 unspecified atom stereocenters.